The van der Waals surface area contributed by atoms with Gasteiger partial charge in [0.05, 0.1) is 22.7 Å². The van der Waals surface area contributed by atoms with Gasteiger partial charge in [0.2, 0.25) is 33.4 Å². The number of anilines is 4. The quantitative estimate of drug-likeness (QED) is 0.0203. The number of carbonyl (C=O) groups excluding carboxylic acids is 6. The first-order chi connectivity index (χ1) is 50.2. The number of nitrogens with one attached hydrogen (secondary N) is 4. The van der Waals surface area contributed by atoms with Crippen molar-refractivity contribution in [1.29, 1.82) is 0 Å². The molecule has 20 nitrogen and oxygen atoms in total. The lowest BCUT2D eigenvalue weighted by Crippen LogP contribution is -3.00. The zero-order valence-electron chi connectivity index (χ0n) is 65.0. The second-order valence-corrected chi connectivity index (χ2v) is 31.1. The smallest absolute Gasteiger partial charge is 0.414 e. The average Bonchev–Trinajstić information content (AvgIpc) is 0.747. The summed E-state index contributed by atoms with van der Waals surface area (Å²) < 4.78 is 27.5. The standard InChI is InChI=1S/C86H100N10O10.2ClH/c1-55-47-67-73(51-65(55)91-79(99)103-83(5,6)7)95(63-31-23-21-24-32-63)75-53-71(57(3)49-69(75)89-67)93(81(101)105-85(11,12)13)45-29-19-17-27-43-87-77(97)61-39-35-59(36-40-61)60-37-41-62(42-38-60)78(98)88-44-28-18-20-30-46-94(82(102)106-86(14,15)16)72-54-76-70(50-58(72)4)90-68-48-56(2)66(92-80(100)104-84(8,9)10)52-74(68)96(76)64-33-25-22-26-34-64;;/h21-26,31-42,47-54H,17-20,27-30,43-46H2,1-16H3,(H2,87,88,97,98);2*1H. The fourth-order valence-corrected chi connectivity index (χ4v) is 12.7. The fraction of sp³-hybridized carbons (Fsp3) is 0.372. The molecule has 0 saturated carbocycles. The lowest BCUT2D eigenvalue weighted by Gasteiger charge is -2.28. The molecule has 0 aliphatic heterocycles. The van der Waals surface area contributed by atoms with Crippen molar-refractivity contribution in [2.75, 3.05) is 46.6 Å². The molecule has 22 heteroatoms. The number of rotatable bonds is 23. The van der Waals surface area contributed by atoms with Crippen LogP contribution in [-0.4, -0.2) is 94.7 Å². The van der Waals surface area contributed by atoms with Gasteiger partial charge < -0.3 is 54.4 Å². The molecule has 0 aliphatic carbocycles. The number of carbonyl (C=O) groups is 6. The van der Waals surface area contributed by atoms with Crippen molar-refractivity contribution in [3.05, 3.63) is 191 Å². The Balaban J connectivity index is 0.00000735. The predicted molar refractivity (Wildman–Crippen MR) is 421 cm³/mol. The third kappa shape index (κ3) is 21.9. The van der Waals surface area contributed by atoms with Crippen LogP contribution in [0.25, 0.3) is 66.6 Å². The minimum absolute atomic E-state index is 0. The molecule has 0 fully saturated rings. The molecule has 4 N–H and O–H groups in total. The van der Waals surface area contributed by atoms with Gasteiger partial charge in [-0.05, 0) is 218 Å². The summed E-state index contributed by atoms with van der Waals surface area (Å²) in [7, 11) is 0. The van der Waals surface area contributed by atoms with Gasteiger partial charge in [0.15, 0.2) is 0 Å². The monoisotopic (exact) mass is 1500 g/mol. The minimum atomic E-state index is -0.746. The lowest BCUT2D eigenvalue weighted by atomic mass is 10.0. The molecule has 0 saturated heterocycles. The molecule has 108 heavy (non-hydrogen) atoms. The number of aryl methyl sites for hydroxylation is 4. The molecular formula is C86H102Cl2N10O10. The van der Waals surface area contributed by atoms with Crippen LogP contribution in [0.4, 0.5) is 41.9 Å². The summed E-state index contributed by atoms with van der Waals surface area (Å²) in [5, 5.41) is 12.0. The van der Waals surface area contributed by atoms with E-state index in [1.807, 2.05) is 244 Å². The van der Waals surface area contributed by atoms with Crippen molar-refractivity contribution in [2.45, 2.75) is 185 Å². The number of unbranched alkanes of at least 4 members (excludes halogenated alkanes) is 6. The van der Waals surface area contributed by atoms with Crippen molar-refractivity contribution < 1.29 is 81.7 Å². The van der Waals surface area contributed by atoms with Crippen LogP contribution in [-0.2, 0) is 18.9 Å². The molecule has 0 unspecified atom stereocenters. The lowest BCUT2D eigenvalue weighted by molar-refractivity contribution is -0.538. The van der Waals surface area contributed by atoms with Crippen LogP contribution in [0.2, 0.25) is 0 Å². The Labute approximate surface area is 646 Å². The first kappa shape index (κ1) is 83.2. The van der Waals surface area contributed by atoms with E-state index in [-0.39, 0.29) is 36.6 Å². The third-order valence-electron chi connectivity index (χ3n) is 17.6. The van der Waals surface area contributed by atoms with Gasteiger partial charge in [-0.15, -0.1) is 9.13 Å². The SMILES string of the molecule is Cc1cc2nc3cc(C)c(N(CCCCCCNC(=O)c4ccc(-c5ccc(C(=O)NCCCCCCN(C(=O)OC(C)(C)C)c6cc7c(cc6C)nc6cc(C)c(NC(=O)OC(C)(C)C)cc6[n+]7-c6ccccc6)cc5)cc4)C(=O)OC(C)(C)C)cc3[n+](-c3ccccc3)c2cc1NC(=O)OC(C)(C)C.[Cl-].[Cl-]. The Morgan fingerprint density at radius 3 is 1.00 bits per heavy atom. The molecule has 10 rings (SSSR count). The maximum atomic E-state index is 14.2. The Morgan fingerprint density at radius 1 is 0.370 bits per heavy atom. The molecule has 570 valence electrons. The van der Waals surface area contributed by atoms with Crippen molar-refractivity contribution in [3.63, 3.8) is 0 Å². The van der Waals surface area contributed by atoms with Crippen LogP contribution in [0.1, 0.15) is 177 Å². The van der Waals surface area contributed by atoms with Gasteiger partial charge in [-0.2, -0.15) is 0 Å². The molecular weight excluding hydrogens is 1400 g/mol. The van der Waals surface area contributed by atoms with Gasteiger partial charge in [-0.25, -0.2) is 29.1 Å². The number of amides is 6. The highest BCUT2D eigenvalue weighted by molar-refractivity contribution is 5.98. The van der Waals surface area contributed by atoms with Crippen LogP contribution >= 0.6 is 0 Å². The number of benzene rings is 8. The third-order valence-corrected chi connectivity index (χ3v) is 17.6. The Kier molecular flexibility index (Phi) is 27.4. The summed E-state index contributed by atoms with van der Waals surface area (Å²) in [4.78, 5) is 94.9. The molecule has 2 aromatic heterocycles. The van der Waals surface area contributed by atoms with Gasteiger partial charge in [0.25, 0.3) is 11.8 Å². The van der Waals surface area contributed by atoms with Crippen LogP contribution < -0.4 is 65.0 Å². The van der Waals surface area contributed by atoms with E-state index >= 15 is 0 Å². The number of hydrogen-bond acceptors (Lipinski definition) is 12. The number of ether oxygens (including phenoxy) is 4. The second kappa shape index (κ2) is 35.5. The van der Waals surface area contributed by atoms with Crippen LogP contribution in [0.3, 0.4) is 0 Å². The molecule has 0 radical (unpaired) electrons. The summed E-state index contributed by atoms with van der Waals surface area (Å²) >= 11 is 0. The van der Waals surface area contributed by atoms with Gasteiger partial charge >= 0.3 is 24.4 Å². The molecule has 6 amide bonds. The highest BCUT2D eigenvalue weighted by Gasteiger charge is 2.32. The van der Waals surface area contributed by atoms with Crippen molar-refractivity contribution >= 4 is 103 Å². The van der Waals surface area contributed by atoms with Crippen LogP contribution in [0, 0.1) is 27.7 Å². The molecule has 8 aromatic carbocycles. The number of hydrogen-bond donors (Lipinski definition) is 4. The Morgan fingerprint density at radius 2 is 0.676 bits per heavy atom. The van der Waals surface area contributed by atoms with Gasteiger partial charge in [-0.3, -0.25) is 30.0 Å². The molecule has 10 aromatic rings. The summed E-state index contributed by atoms with van der Waals surface area (Å²) in [6.07, 6.45) is 4.04. The Bertz CT molecular complexity index is 4590. The number of aromatic nitrogens is 4. The van der Waals surface area contributed by atoms with Gasteiger partial charge in [0, 0.05) is 85.8 Å². The predicted octanol–water partition coefficient (Wildman–Crippen LogP) is 12.7. The van der Waals surface area contributed by atoms with E-state index in [4.69, 9.17) is 28.9 Å². The van der Waals surface area contributed by atoms with E-state index in [1.54, 1.807) is 34.1 Å². The zero-order chi connectivity index (χ0) is 76.4. The maximum absolute atomic E-state index is 14.2. The van der Waals surface area contributed by atoms with Crippen LogP contribution in [0.5, 0.6) is 0 Å². The van der Waals surface area contributed by atoms with Crippen LogP contribution in [0.15, 0.2) is 158 Å². The minimum Gasteiger partial charge on any atom is -1.00 e. The number of nitrogens with zero attached hydrogens (tertiary/aromatic N) is 6. The zero-order valence-corrected chi connectivity index (χ0v) is 66.5. The number of para-hydroxylation sites is 2. The number of fused-ring (bicyclic) bond motifs is 4. The molecule has 0 spiro atoms. The average molecular weight is 1510 g/mol. The highest BCUT2D eigenvalue weighted by Crippen LogP contribution is 2.34. The van der Waals surface area contributed by atoms with E-state index in [0.29, 0.717) is 72.9 Å². The molecule has 0 atom stereocenters. The van der Waals surface area contributed by atoms with Crippen molar-refractivity contribution in [3.8, 4) is 22.5 Å². The van der Waals surface area contributed by atoms with Crippen molar-refractivity contribution in [2.24, 2.45) is 0 Å². The van der Waals surface area contributed by atoms with Gasteiger partial charge in [0.1, 0.15) is 44.5 Å². The van der Waals surface area contributed by atoms with E-state index < -0.39 is 46.8 Å². The first-order valence-electron chi connectivity index (χ1n) is 36.7. The summed E-state index contributed by atoms with van der Waals surface area (Å²) in [6.45, 7) is 31.6. The van der Waals surface area contributed by atoms with E-state index in [1.165, 1.54) is 0 Å². The number of halogens is 2. The second-order valence-electron chi connectivity index (χ2n) is 31.1. The molecule has 0 bridgehead atoms. The summed E-state index contributed by atoms with van der Waals surface area (Å²) in [6, 6.07) is 50.4. The largest absolute Gasteiger partial charge is 1.00 e. The molecule has 0 aliphatic rings. The maximum Gasteiger partial charge on any atom is 0.414 e. The Hall–Kier alpha value is -10.4. The van der Waals surface area contributed by atoms with Gasteiger partial charge in [-0.1, -0.05) is 86.3 Å². The van der Waals surface area contributed by atoms with E-state index in [9.17, 15) is 28.8 Å². The summed E-state index contributed by atoms with van der Waals surface area (Å²) in [5.74, 6) is -0.345. The fourth-order valence-electron chi connectivity index (χ4n) is 12.7. The van der Waals surface area contributed by atoms with E-state index in [0.717, 1.165) is 127 Å². The highest BCUT2D eigenvalue weighted by atomic mass is 35.5. The topological polar surface area (TPSA) is 227 Å². The van der Waals surface area contributed by atoms with Crippen molar-refractivity contribution in [1.82, 2.24) is 20.6 Å². The summed E-state index contributed by atoms with van der Waals surface area (Å²) in [5.41, 5.74) is 13.6. The molecule has 2 heterocycles. The first-order valence-corrected chi connectivity index (χ1v) is 36.7. The normalized spacial score (nSPS) is 11.7. The van der Waals surface area contributed by atoms with E-state index in [2.05, 4.69) is 30.4 Å².